The first-order valence-electron chi connectivity index (χ1n) is 3.05. The lowest BCUT2D eigenvalue weighted by Crippen LogP contribution is -2.05. The summed E-state index contributed by atoms with van der Waals surface area (Å²) in [6, 6.07) is 1.41. The van der Waals surface area contributed by atoms with Crippen LogP contribution in [-0.2, 0) is 4.74 Å². The van der Waals surface area contributed by atoms with Crippen molar-refractivity contribution in [2.75, 3.05) is 7.11 Å². The van der Waals surface area contributed by atoms with E-state index in [0.29, 0.717) is 0 Å². The van der Waals surface area contributed by atoms with Gasteiger partial charge in [0.25, 0.3) is 0 Å². The second kappa shape index (κ2) is 3.79. The van der Waals surface area contributed by atoms with E-state index >= 15 is 0 Å². The zero-order chi connectivity index (χ0) is 9.14. The maximum atomic E-state index is 12.7. The standard InChI is InChI=1S/C7H5FINO2/c1-12-7(11)4-2-3-10-6(8)5(4)9/h2-3H,1H3. The van der Waals surface area contributed by atoms with E-state index < -0.39 is 11.9 Å². The number of methoxy groups -OCH3 is 1. The third-order valence-electron chi connectivity index (χ3n) is 1.25. The molecule has 0 aliphatic rings. The molecule has 1 rings (SSSR count). The molecule has 0 bridgehead atoms. The summed E-state index contributed by atoms with van der Waals surface area (Å²) in [6.45, 7) is 0. The molecule has 0 amide bonds. The van der Waals surface area contributed by atoms with E-state index in [1.165, 1.54) is 19.4 Å². The molecule has 0 fully saturated rings. The number of rotatable bonds is 1. The van der Waals surface area contributed by atoms with Crippen molar-refractivity contribution in [3.63, 3.8) is 0 Å². The number of esters is 1. The minimum Gasteiger partial charge on any atom is -0.465 e. The lowest BCUT2D eigenvalue weighted by atomic mass is 10.3. The molecule has 12 heavy (non-hydrogen) atoms. The molecule has 3 nitrogen and oxygen atoms in total. The Morgan fingerprint density at radius 2 is 2.42 bits per heavy atom. The normalized spacial score (nSPS) is 9.58. The van der Waals surface area contributed by atoms with Gasteiger partial charge in [-0.3, -0.25) is 0 Å². The highest BCUT2D eigenvalue weighted by molar-refractivity contribution is 14.1. The molecule has 0 saturated heterocycles. The molecule has 1 aromatic heterocycles. The van der Waals surface area contributed by atoms with Crippen LogP contribution in [0.5, 0.6) is 0 Å². The number of halogens is 2. The number of hydrogen-bond donors (Lipinski definition) is 0. The van der Waals surface area contributed by atoms with Crippen LogP contribution in [0.25, 0.3) is 0 Å². The SMILES string of the molecule is COC(=O)c1ccnc(F)c1I. The van der Waals surface area contributed by atoms with Crippen molar-refractivity contribution in [3.05, 3.63) is 27.3 Å². The third kappa shape index (κ3) is 1.71. The molecule has 1 aromatic rings. The molecule has 0 spiro atoms. The minimum atomic E-state index is -0.654. The number of aromatic nitrogens is 1. The molecule has 0 unspecified atom stereocenters. The van der Waals surface area contributed by atoms with Gasteiger partial charge in [0.1, 0.15) is 0 Å². The molecule has 64 valence electrons. The number of pyridine rings is 1. The summed E-state index contributed by atoms with van der Waals surface area (Å²) in [6.07, 6.45) is 1.23. The van der Waals surface area contributed by atoms with Crippen LogP contribution in [0.3, 0.4) is 0 Å². The second-order valence-electron chi connectivity index (χ2n) is 1.95. The first kappa shape index (κ1) is 9.37. The van der Waals surface area contributed by atoms with Crippen molar-refractivity contribution in [3.8, 4) is 0 Å². The highest BCUT2D eigenvalue weighted by Crippen LogP contribution is 2.14. The molecule has 0 aliphatic heterocycles. The van der Waals surface area contributed by atoms with Crippen molar-refractivity contribution < 1.29 is 13.9 Å². The van der Waals surface area contributed by atoms with Gasteiger partial charge >= 0.3 is 5.97 Å². The van der Waals surface area contributed by atoms with Crippen molar-refractivity contribution in [1.29, 1.82) is 0 Å². The quantitative estimate of drug-likeness (QED) is 0.446. The third-order valence-corrected chi connectivity index (χ3v) is 2.28. The molecule has 5 heteroatoms. The molecular weight excluding hydrogens is 276 g/mol. The van der Waals surface area contributed by atoms with E-state index in [-0.39, 0.29) is 9.13 Å². The van der Waals surface area contributed by atoms with Gasteiger partial charge < -0.3 is 4.74 Å². The highest BCUT2D eigenvalue weighted by atomic mass is 127. The molecule has 0 atom stereocenters. The Bertz CT molecular complexity index is 316. The van der Waals surface area contributed by atoms with Crippen LogP contribution in [0.2, 0.25) is 0 Å². The van der Waals surface area contributed by atoms with Gasteiger partial charge in [-0.1, -0.05) is 0 Å². The average Bonchev–Trinajstić information content (AvgIpc) is 2.08. The maximum Gasteiger partial charge on any atom is 0.339 e. The Morgan fingerprint density at radius 3 is 3.00 bits per heavy atom. The number of carbonyl (C=O) groups excluding carboxylic acids is 1. The molecule has 0 radical (unpaired) electrons. The average molecular weight is 281 g/mol. The summed E-state index contributed by atoms with van der Waals surface area (Å²) < 4.78 is 17.4. The predicted octanol–water partition coefficient (Wildman–Crippen LogP) is 1.61. The summed E-state index contributed by atoms with van der Waals surface area (Å²) in [5, 5.41) is 0. The van der Waals surface area contributed by atoms with Crippen LogP contribution in [0.4, 0.5) is 4.39 Å². The van der Waals surface area contributed by atoms with Crippen LogP contribution in [-0.4, -0.2) is 18.1 Å². The Hall–Kier alpha value is -0.720. The smallest absolute Gasteiger partial charge is 0.339 e. The van der Waals surface area contributed by atoms with Crippen molar-refractivity contribution >= 4 is 28.6 Å². The number of carbonyl (C=O) groups is 1. The molecule has 1 heterocycles. The topological polar surface area (TPSA) is 39.2 Å². The fraction of sp³-hybridized carbons (Fsp3) is 0.143. The van der Waals surface area contributed by atoms with Crippen molar-refractivity contribution in [2.45, 2.75) is 0 Å². The number of ether oxygens (including phenoxy) is 1. The van der Waals surface area contributed by atoms with Gasteiger partial charge in [0, 0.05) is 6.20 Å². The lowest BCUT2D eigenvalue weighted by Gasteiger charge is -2.00. The Kier molecular flexibility index (Phi) is 2.96. The van der Waals surface area contributed by atoms with Crippen LogP contribution in [0, 0.1) is 9.52 Å². The largest absolute Gasteiger partial charge is 0.465 e. The van der Waals surface area contributed by atoms with Gasteiger partial charge in [-0.2, -0.15) is 4.39 Å². The van der Waals surface area contributed by atoms with Crippen LogP contribution >= 0.6 is 22.6 Å². The maximum absolute atomic E-state index is 12.7. The van der Waals surface area contributed by atoms with E-state index in [1.807, 2.05) is 0 Å². The summed E-state index contributed by atoms with van der Waals surface area (Å²) in [5.41, 5.74) is 0.200. The van der Waals surface area contributed by atoms with Crippen LogP contribution in [0.1, 0.15) is 10.4 Å². The molecular formula is C7H5FINO2. The zero-order valence-corrected chi connectivity index (χ0v) is 8.33. The van der Waals surface area contributed by atoms with Gasteiger partial charge in [-0.15, -0.1) is 0 Å². The van der Waals surface area contributed by atoms with E-state index in [2.05, 4.69) is 9.72 Å². The Morgan fingerprint density at radius 1 is 1.75 bits per heavy atom. The van der Waals surface area contributed by atoms with Crippen LogP contribution in [0.15, 0.2) is 12.3 Å². The zero-order valence-electron chi connectivity index (χ0n) is 6.17. The summed E-state index contributed by atoms with van der Waals surface area (Å²) in [4.78, 5) is 14.3. The predicted molar refractivity (Wildman–Crippen MR) is 48.3 cm³/mol. The van der Waals surface area contributed by atoms with E-state index in [1.54, 1.807) is 22.6 Å². The number of nitrogens with zero attached hydrogens (tertiary/aromatic N) is 1. The second-order valence-corrected chi connectivity index (χ2v) is 3.03. The van der Waals surface area contributed by atoms with Gasteiger partial charge in [-0.25, -0.2) is 9.78 Å². The van der Waals surface area contributed by atoms with Gasteiger partial charge in [0.05, 0.1) is 16.2 Å². The van der Waals surface area contributed by atoms with Crippen molar-refractivity contribution in [2.24, 2.45) is 0 Å². The summed E-state index contributed by atoms with van der Waals surface area (Å²) in [5.74, 6) is -1.21. The summed E-state index contributed by atoms with van der Waals surface area (Å²) in [7, 11) is 1.25. The summed E-state index contributed by atoms with van der Waals surface area (Å²) >= 11 is 1.71. The molecule has 0 aliphatic carbocycles. The van der Waals surface area contributed by atoms with Gasteiger partial charge in [0.2, 0.25) is 5.95 Å². The monoisotopic (exact) mass is 281 g/mol. The Labute approximate surface area is 82.1 Å². The fourth-order valence-corrected chi connectivity index (χ4v) is 1.23. The van der Waals surface area contributed by atoms with Crippen molar-refractivity contribution in [1.82, 2.24) is 4.98 Å². The van der Waals surface area contributed by atoms with E-state index in [0.717, 1.165) is 0 Å². The minimum absolute atomic E-state index is 0.182. The fourth-order valence-electron chi connectivity index (χ4n) is 0.686. The lowest BCUT2D eigenvalue weighted by molar-refractivity contribution is 0.0598. The highest BCUT2D eigenvalue weighted by Gasteiger charge is 2.13. The number of hydrogen-bond acceptors (Lipinski definition) is 3. The molecule has 0 N–H and O–H groups in total. The van der Waals surface area contributed by atoms with Crippen LogP contribution < -0.4 is 0 Å². The van der Waals surface area contributed by atoms with E-state index in [4.69, 9.17) is 0 Å². The van der Waals surface area contributed by atoms with E-state index in [9.17, 15) is 9.18 Å². The first-order chi connectivity index (χ1) is 5.66. The van der Waals surface area contributed by atoms with Gasteiger partial charge in [-0.05, 0) is 28.7 Å². The Balaban J connectivity index is 3.16. The first-order valence-corrected chi connectivity index (χ1v) is 4.13. The van der Waals surface area contributed by atoms with Gasteiger partial charge in [0.15, 0.2) is 0 Å². The molecule has 0 saturated carbocycles. The molecule has 0 aromatic carbocycles.